The van der Waals surface area contributed by atoms with Crippen LogP contribution in [0.25, 0.3) is 10.9 Å². The van der Waals surface area contributed by atoms with Crippen molar-refractivity contribution in [1.82, 2.24) is 9.97 Å². The van der Waals surface area contributed by atoms with E-state index in [1.54, 1.807) is 0 Å². The number of aromatic nitrogens is 2. The third-order valence-electron chi connectivity index (χ3n) is 3.28. The van der Waals surface area contributed by atoms with Crippen LogP contribution in [0.5, 0.6) is 0 Å². The predicted molar refractivity (Wildman–Crippen MR) is 65.3 cm³/mol. The van der Waals surface area contributed by atoms with Gasteiger partial charge in [-0.3, -0.25) is 0 Å². The summed E-state index contributed by atoms with van der Waals surface area (Å²) in [5.41, 5.74) is 4.72. The van der Waals surface area contributed by atoms with Gasteiger partial charge in [-0.25, -0.2) is 23.1 Å². The Balaban J connectivity index is 2.32. The zero-order chi connectivity index (χ0) is 13.6. The van der Waals surface area contributed by atoms with Crippen LogP contribution in [0, 0.1) is 17.5 Å². The molecule has 0 amide bonds. The molecule has 7 heteroatoms. The van der Waals surface area contributed by atoms with Crippen LogP contribution in [0.4, 0.5) is 24.8 Å². The van der Waals surface area contributed by atoms with Crippen LogP contribution >= 0.6 is 0 Å². The largest absolute Gasteiger partial charge is 0.368 e. The molecule has 0 unspecified atom stereocenters. The lowest BCUT2D eigenvalue weighted by Crippen LogP contribution is -2.21. The van der Waals surface area contributed by atoms with Crippen molar-refractivity contribution in [2.45, 2.75) is 12.8 Å². The van der Waals surface area contributed by atoms with Crippen molar-refractivity contribution in [3.63, 3.8) is 0 Å². The van der Waals surface area contributed by atoms with Gasteiger partial charge >= 0.3 is 0 Å². The van der Waals surface area contributed by atoms with Crippen LogP contribution in [0.3, 0.4) is 0 Å². The molecule has 100 valence electrons. The average molecular weight is 268 g/mol. The summed E-state index contributed by atoms with van der Waals surface area (Å²) in [4.78, 5) is 8.72. The maximum atomic E-state index is 14.3. The first-order valence-electron chi connectivity index (χ1n) is 5.93. The molecule has 1 aliphatic rings. The zero-order valence-electron chi connectivity index (χ0n) is 9.96. The number of hydrogen-bond acceptors (Lipinski definition) is 4. The van der Waals surface area contributed by atoms with Gasteiger partial charge in [0.15, 0.2) is 17.5 Å². The number of halogens is 3. The Morgan fingerprint density at radius 2 is 1.74 bits per heavy atom. The van der Waals surface area contributed by atoms with Crippen molar-refractivity contribution in [3.8, 4) is 0 Å². The molecule has 1 saturated heterocycles. The molecule has 1 aliphatic heterocycles. The van der Waals surface area contributed by atoms with Gasteiger partial charge in [0.05, 0.1) is 5.39 Å². The quantitative estimate of drug-likeness (QED) is 0.806. The van der Waals surface area contributed by atoms with Crippen molar-refractivity contribution >= 4 is 22.5 Å². The third-order valence-corrected chi connectivity index (χ3v) is 3.28. The Bertz CT molecular complexity index is 653. The average Bonchev–Trinajstić information content (AvgIpc) is 2.90. The van der Waals surface area contributed by atoms with Crippen molar-refractivity contribution in [3.05, 3.63) is 23.6 Å². The number of anilines is 2. The Kier molecular flexibility index (Phi) is 2.69. The van der Waals surface area contributed by atoms with Crippen LogP contribution in [0.1, 0.15) is 12.8 Å². The summed E-state index contributed by atoms with van der Waals surface area (Å²) in [6.07, 6.45) is 2.64. The van der Waals surface area contributed by atoms with Crippen molar-refractivity contribution in [1.29, 1.82) is 0 Å². The Morgan fingerprint density at radius 3 is 2.42 bits per heavy atom. The van der Waals surface area contributed by atoms with Gasteiger partial charge in [0.1, 0.15) is 11.2 Å². The van der Waals surface area contributed by atoms with E-state index in [1.165, 1.54) is 4.90 Å². The molecule has 19 heavy (non-hydrogen) atoms. The highest BCUT2D eigenvalue weighted by molar-refractivity contribution is 5.84. The van der Waals surface area contributed by atoms with Crippen molar-refractivity contribution < 1.29 is 13.2 Å². The molecule has 2 heterocycles. The minimum atomic E-state index is -1.19. The summed E-state index contributed by atoms with van der Waals surface area (Å²) < 4.78 is 42.3. The molecule has 0 bridgehead atoms. The first kappa shape index (κ1) is 12.0. The first-order chi connectivity index (χ1) is 9.09. The highest BCUT2D eigenvalue weighted by Gasteiger charge is 2.27. The van der Waals surface area contributed by atoms with E-state index in [-0.39, 0.29) is 22.5 Å². The summed E-state index contributed by atoms with van der Waals surface area (Å²) in [5, 5.41) is -0.299. The fourth-order valence-electron chi connectivity index (χ4n) is 2.37. The number of benzene rings is 1. The van der Waals surface area contributed by atoms with E-state index in [9.17, 15) is 13.2 Å². The van der Waals surface area contributed by atoms with Gasteiger partial charge in [-0.1, -0.05) is 0 Å². The molecule has 0 atom stereocenters. The molecular formula is C12H11F3N4. The zero-order valence-corrected chi connectivity index (χ0v) is 9.96. The normalized spacial score (nSPS) is 15.4. The van der Waals surface area contributed by atoms with E-state index in [2.05, 4.69) is 9.97 Å². The lowest BCUT2D eigenvalue weighted by molar-refractivity contribution is 0.503. The second kappa shape index (κ2) is 4.25. The van der Waals surface area contributed by atoms with Crippen molar-refractivity contribution in [2.24, 2.45) is 0 Å². The van der Waals surface area contributed by atoms with Gasteiger partial charge < -0.3 is 10.6 Å². The summed E-state index contributed by atoms with van der Waals surface area (Å²) >= 11 is 0. The van der Waals surface area contributed by atoms with Gasteiger partial charge in [0.2, 0.25) is 5.95 Å². The van der Waals surface area contributed by atoms with E-state index >= 15 is 0 Å². The van der Waals surface area contributed by atoms with Crippen LogP contribution in [0.2, 0.25) is 0 Å². The molecule has 0 radical (unpaired) electrons. The molecule has 0 aliphatic carbocycles. The molecule has 3 rings (SSSR count). The van der Waals surface area contributed by atoms with Gasteiger partial charge in [0, 0.05) is 19.3 Å². The molecule has 1 aromatic heterocycles. The predicted octanol–water partition coefficient (Wildman–Crippen LogP) is 2.23. The fraction of sp³-hybridized carbons (Fsp3) is 0.333. The van der Waals surface area contributed by atoms with Crippen LogP contribution in [0.15, 0.2) is 6.20 Å². The molecule has 1 aromatic carbocycles. The maximum absolute atomic E-state index is 14.3. The summed E-state index contributed by atoms with van der Waals surface area (Å²) in [7, 11) is 0. The number of rotatable bonds is 1. The fourth-order valence-corrected chi connectivity index (χ4v) is 2.37. The van der Waals surface area contributed by atoms with Crippen LogP contribution < -0.4 is 10.6 Å². The van der Waals surface area contributed by atoms with Gasteiger partial charge in [0.25, 0.3) is 0 Å². The number of nitrogens with two attached hydrogens (primary N) is 1. The molecule has 1 fully saturated rings. The maximum Gasteiger partial charge on any atom is 0.220 e. The number of nitrogen functional groups attached to an aromatic ring is 1. The van der Waals surface area contributed by atoms with E-state index < -0.39 is 17.5 Å². The minimum Gasteiger partial charge on any atom is -0.368 e. The number of fused-ring (bicyclic) bond motifs is 1. The highest BCUT2D eigenvalue weighted by atomic mass is 19.2. The Hall–Kier alpha value is -2.05. The molecule has 0 saturated carbocycles. The van der Waals surface area contributed by atoms with Gasteiger partial charge in [-0.15, -0.1) is 0 Å². The van der Waals surface area contributed by atoms with E-state index in [0.717, 1.165) is 19.0 Å². The number of hydrogen-bond donors (Lipinski definition) is 1. The third kappa shape index (κ3) is 1.76. The first-order valence-corrected chi connectivity index (χ1v) is 5.93. The number of nitrogens with zero attached hydrogens (tertiary/aromatic N) is 3. The second-order valence-corrected chi connectivity index (χ2v) is 4.48. The molecular weight excluding hydrogens is 257 g/mol. The topological polar surface area (TPSA) is 55.0 Å². The lowest BCUT2D eigenvalue weighted by atomic mass is 10.1. The van der Waals surface area contributed by atoms with Crippen LogP contribution in [-0.2, 0) is 0 Å². The van der Waals surface area contributed by atoms with Gasteiger partial charge in [-0.2, -0.15) is 0 Å². The van der Waals surface area contributed by atoms with E-state index in [1.807, 2.05) is 0 Å². The van der Waals surface area contributed by atoms with E-state index in [4.69, 9.17) is 5.73 Å². The molecule has 4 nitrogen and oxygen atoms in total. The molecule has 2 aromatic rings. The van der Waals surface area contributed by atoms with Crippen molar-refractivity contribution in [2.75, 3.05) is 23.7 Å². The monoisotopic (exact) mass is 268 g/mol. The summed E-state index contributed by atoms with van der Waals surface area (Å²) in [6.45, 7) is 0.999. The molecule has 0 spiro atoms. The minimum absolute atomic E-state index is 0.176. The van der Waals surface area contributed by atoms with E-state index in [0.29, 0.717) is 13.1 Å². The highest BCUT2D eigenvalue weighted by Crippen LogP contribution is 2.34. The molecule has 2 N–H and O–H groups in total. The Morgan fingerprint density at radius 1 is 1.05 bits per heavy atom. The second-order valence-electron chi connectivity index (χ2n) is 4.48. The Labute approximate surface area is 107 Å². The summed E-state index contributed by atoms with van der Waals surface area (Å²) in [5.74, 6) is -3.40. The standard InChI is InChI=1S/C12H11F3N4/c13-7-6-5-17-12(16)18-10(6)9(15)11(8(7)14)19-3-1-2-4-19/h5H,1-4H2,(H2,16,17,18). The smallest absolute Gasteiger partial charge is 0.220 e. The SMILES string of the molecule is Nc1ncc2c(F)c(F)c(N3CCCC3)c(F)c2n1. The van der Waals surface area contributed by atoms with Gasteiger partial charge in [-0.05, 0) is 12.8 Å². The summed E-state index contributed by atoms with van der Waals surface area (Å²) in [6, 6.07) is 0. The van der Waals surface area contributed by atoms with Crippen LogP contribution in [-0.4, -0.2) is 23.1 Å². The lowest BCUT2D eigenvalue weighted by Gasteiger charge is -2.20.